The summed E-state index contributed by atoms with van der Waals surface area (Å²) in [5.41, 5.74) is 0.842. The smallest absolute Gasteiger partial charge is 0.0777 e. The molecule has 1 aliphatic rings. The van der Waals surface area contributed by atoms with E-state index in [-0.39, 0.29) is 0 Å². The number of aryl methyl sites for hydroxylation is 1. The van der Waals surface area contributed by atoms with Gasteiger partial charge in [0.15, 0.2) is 0 Å². The number of likely N-dealkylation sites (tertiary alicyclic amines) is 1. The van der Waals surface area contributed by atoms with Crippen LogP contribution in [0.4, 0.5) is 0 Å². The lowest BCUT2D eigenvalue weighted by Crippen LogP contribution is -2.40. The van der Waals surface area contributed by atoms with Crippen LogP contribution >= 0.6 is 0 Å². The second kappa shape index (κ2) is 5.65. The number of rotatable bonds is 3. The van der Waals surface area contributed by atoms with E-state index in [0.717, 1.165) is 38.8 Å². The van der Waals surface area contributed by atoms with Gasteiger partial charge in [-0.2, -0.15) is 0 Å². The van der Waals surface area contributed by atoms with Crippen LogP contribution in [0.5, 0.6) is 0 Å². The zero-order chi connectivity index (χ0) is 12.1. The van der Waals surface area contributed by atoms with Crippen molar-refractivity contribution >= 4 is 0 Å². The third-order valence-corrected chi connectivity index (χ3v) is 3.72. The Kier molecular flexibility index (Phi) is 4.19. The number of aliphatic hydroxyl groups is 1. The molecule has 1 atom stereocenters. The van der Waals surface area contributed by atoms with Gasteiger partial charge in [0.1, 0.15) is 0 Å². The van der Waals surface area contributed by atoms with E-state index in [1.807, 2.05) is 6.07 Å². The Morgan fingerprint density at radius 2 is 2.00 bits per heavy atom. The summed E-state index contributed by atoms with van der Waals surface area (Å²) in [5, 5.41) is 10.6. The maximum atomic E-state index is 10.6. The SMILES string of the molecule is CN1CCCCC(O)(CCc2ccccc2)C1. The van der Waals surface area contributed by atoms with Crippen LogP contribution in [0.3, 0.4) is 0 Å². The summed E-state index contributed by atoms with van der Waals surface area (Å²) in [4.78, 5) is 2.26. The maximum absolute atomic E-state index is 10.6. The highest BCUT2D eigenvalue weighted by Crippen LogP contribution is 2.25. The number of likely N-dealkylation sites (N-methyl/N-ethyl adjacent to an activating group) is 1. The highest BCUT2D eigenvalue weighted by Gasteiger charge is 2.29. The Morgan fingerprint density at radius 1 is 1.24 bits per heavy atom. The molecule has 0 aliphatic carbocycles. The molecular weight excluding hydrogens is 210 g/mol. The van der Waals surface area contributed by atoms with E-state index in [1.165, 1.54) is 12.0 Å². The Balaban J connectivity index is 1.92. The van der Waals surface area contributed by atoms with Gasteiger partial charge >= 0.3 is 0 Å². The monoisotopic (exact) mass is 233 g/mol. The highest BCUT2D eigenvalue weighted by atomic mass is 16.3. The van der Waals surface area contributed by atoms with Gasteiger partial charge in [0.05, 0.1) is 5.60 Å². The molecule has 1 saturated heterocycles. The van der Waals surface area contributed by atoms with Gasteiger partial charge in [-0.25, -0.2) is 0 Å². The molecule has 0 radical (unpaired) electrons. The van der Waals surface area contributed by atoms with Crippen molar-refractivity contribution in [2.24, 2.45) is 0 Å². The first kappa shape index (κ1) is 12.6. The van der Waals surface area contributed by atoms with Crippen LogP contribution < -0.4 is 0 Å². The fourth-order valence-corrected chi connectivity index (χ4v) is 2.72. The molecule has 0 aromatic heterocycles. The van der Waals surface area contributed by atoms with Gasteiger partial charge in [0.2, 0.25) is 0 Å². The summed E-state index contributed by atoms with van der Waals surface area (Å²) >= 11 is 0. The molecule has 0 saturated carbocycles. The van der Waals surface area contributed by atoms with Crippen LogP contribution in [0.15, 0.2) is 30.3 Å². The van der Waals surface area contributed by atoms with Gasteiger partial charge in [0.25, 0.3) is 0 Å². The molecule has 2 rings (SSSR count). The molecule has 1 fully saturated rings. The Morgan fingerprint density at radius 3 is 2.76 bits per heavy atom. The van der Waals surface area contributed by atoms with E-state index >= 15 is 0 Å². The first-order valence-corrected chi connectivity index (χ1v) is 6.63. The summed E-state index contributed by atoms with van der Waals surface area (Å²) in [6.45, 7) is 1.94. The van der Waals surface area contributed by atoms with E-state index in [4.69, 9.17) is 0 Å². The van der Waals surface area contributed by atoms with E-state index < -0.39 is 5.60 Å². The molecule has 1 unspecified atom stereocenters. The Labute approximate surface area is 104 Å². The van der Waals surface area contributed by atoms with Crippen LogP contribution in [-0.2, 0) is 6.42 Å². The average molecular weight is 233 g/mol. The number of benzene rings is 1. The lowest BCUT2D eigenvalue weighted by atomic mass is 9.90. The van der Waals surface area contributed by atoms with Crippen LogP contribution in [-0.4, -0.2) is 35.7 Å². The van der Waals surface area contributed by atoms with Crippen molar-refractivity contribution in [1.29, 1.82) is 0 Å². The summed E-state index contributed by atoms with van der Waals surface area (Å²) in [6, 6.07) is 10.5. The zero-order valence-electron chi connectivity index (χ0n) is 10.7. The molecule has 1 aromatic rings. The van der Waals surface area contributed by atoms with E-state index in [2.05, 4.69) is 36.2 Å². The van der Waals surface area contributed by atoms with Gasteiger partial charge < -0.3 is 10.0 Å². The molecule has 0 amide bonds. The fourth-order valence-electron chi connectivity index (χ4n) is 2.72. The molecule has 94 valence electrons. The molecule has 17 heavy (non-hydrogen) atoms. The lowest BCUT2D eigenvalue weighted by Gasteiger charge is -2.30. The molecule has 1 heterocycles. The van der Waals surface area contributed by atoms with E-state index in [0.29, 0.717) is 0 Å². The third kappa shape index (κ3) is 3.83. The zero-order valence-corrected chi connectivity index (χ0v) is 10.7. The standard InChI is InChI=1S/C15H23NO/c1-16-12-6-5-10-15(17,13-16)11-9-14-7-3-2-4-8-14/h2-4,7-8,17H,5-6,9-13H2,1H3. The van der Waals surface area contributed by atoms with Crippen LogP contribution in [0.1, 0.15) is 31.2 Å². The average Bonchev–Trinajstić information content (AvgIpc) is 2.50. The van der Waals surface area contributed by atoms with E-state index in [1.54, 1.807) is 0 Å². The molecule has 1 aromatic carbocycles. The molecular formula is C15H23NO. The molecule has 0 bridgehead atoms. The fraction of sp³-hybridized carbons (Fsp3) is 0.600. The van der Waals surface area contributed by atoms with Crippen molar-refractivity contribution in [3.05, 3.63) is 35.9 Å². The van der Waals surface area contributed by atoms with Crippen LogP contribution in [0.25, 0.3) is 0 Å². The Hall–Kier alpha value is -0.860. The van der Waals surface area contributed by atoms with Crippen molar-refractivity contribution in [1.82, 2.24) is 4.90 Å². The van der Waals surface area contributed by atoms with Gasteiger partial charge in [-0.15, -0.1) is 0 Å². The first-order valence-electron chi connectivity index (χ1n) is 6.63. The van der Waals surface area contributed by atoms with Gasteiger partial charge in [-0.1, -0.05) is 30.3 Å². The van der Waals surface area contributed by atoms with Crippen molar-refractivity contribution in [2.75, 3.05) is 20.1 Å². The minimum atomic E-state index is -0.485. The van der Waals surface area contributed by atoms with Crippen LogP contribution in [0.2, 0.25) is 0 Å². The van der Waals surface area contributed by atoms with E-state index in [9.17, 15) is 5.11 Å². The molecule has 2 nitrogen and oxygen atoms in total. The first-order chi connectivity index (χ1) is 8.18. The second-order valence-corrected chi connectivity index (χ2v) is 5.40. The van der Waals surface area contributed by atoms with Crippen molar-refractivity contribution in [3.63, 3.8) is 0 Å². The highest BCUT2D eigenvalue weighted by molar-refractivity contribution is 5.15. The summed E-state index contributed by atoms with van der Waals surface area (Å²) in [7, 11) is 2.11. The summed E-state index contributed by atoms with van der Waals surface area (Å²) in [6.07, 6.45) is 5.16. The number of β-amino-alcohol motifs (C(OH)–C–C–N with tert-alkyl or cyclic N) is 1. The predicted molar refractivity (Wildman–Crippen MR) is 71.1 cm³/mol. The molecule has 0 spiro atoms. The summed E-state index contributed by atoms with van der Waals surface area (Å²) in [5.74, 6) is 0. The van der Waals surface area contributed by atoms with Crippen molar-refractivity contribution < 1.29 is 5.11 Å². The van der Waals surface area contributed by atoms with Gasteiger partial charge in [0, 0.05) is 6.54 Å². The molecule has 1 aliphatic heterocycles. The second-order valence-electron chi connectivity index (χ2n) is 5.40. The minimum Gasteiger partial charge on any atom is -0.389 e. The van der Waals surface area contributed by atoms with Gasteiger partial charge in [-0.3, -0.25) is 0 Å². The third-order valence-electron chi connectivity index (χ3n) is 3.72. The number of nitrogens with zero attached hydrogens (tertiary/aromatic N) is 1. The normalized spacial score (nSPS) is 26.7. The largest absolute Gasteiger partial charge is 0.389 e. The number of hydrogen-bond acceptors (Lipinski definition) is 2. The van der Waals surface area contributed by atoms with Crippen molar-refractivity contribution in [2.45, 2.75) is 37.7 Å². The minimum absolute atomic E-state index is 0.485. The molecule has 2 heteroatoms. The molecule has 1 N–H and O–H groups in total. The Bertz CT molecular complexity index is 338. The topological polar surface area (TPSA) is 23.5 Å². The maximum Gasteiger partial charge on any atom is 0.0777 e. The number of hydrogen-bond donors (Lipinski definition) is 1. The predicted octanol–water partition coefficient (Wildman–Crippen LogP) is 2.47. The van der Waals surface area contributed by atoms with Gasteiger partial charge in [-0.05, 0) is 51.3 Å². The lowest BCUT2D eigenvalue weighted by molar-refractivity contribution is 0.00464. The summed E-state index contributed by atoms with van der Waals surface area (Å²) < 4.78 is 0. The quantitative estimate of drug-likeness (QED) is 0.867. The van der Waals surface area contributed by atoms with Crippen molar-refractivity contribution in [3.8, 4) is 0 Å². The van der Waals surface area contributed by atoms with Crippen LogP contribution in [0, 0.1) is 0 Å².